The lowest BCUT2D eigenvalue weighted by Crippen LogP contribution is -2.48. The molecule has 0 aliphatic carbocycles. The first-order valence-corrected chi connectivity index (χ1v) is 10.5. The van der Waals surface area contributed by atoms with Gasteiger partial charge in [-0.25, -0.2) is 9.98 Å². The molecule has 0 bridgehead atoms. The zero-order valence-electron chi connectivity index (χ0n) is 16.5. The molecule has 1 aliphatic heterocycles. The monoisotopic (exact) mass is 386 g/mol. The topological polar surface area (TPSA) is 55.8 Å². The number of pyridine rings is 1. The van der Waals surface area contributed by atoms with Gasteiger partial charge in [0.1, 0.15) is 5.82 Å². The van der Waals surface area contributed by atoms with Crippen LogP contribution in [0.4, 0.5) is 10.8 Å². The number of thiophene rings is 1. The SMILES string of the molecule is CCNC(=NCc1cccc(N(C)C)n1)NC1CCN(c2cccs2)CC1. The van der Waals surface area contributed by atoms with Gasteiger partial charge in [0.05, 0.1) is 17.2 Å². The van der Waals surface area contributed by atoms with Crippen molar-refractivity contribution in [2.24, 2.45) is 4.99 Å². The quantitative estimate of drug-likeness (QED) is 0.591. The summed E-state index contributed by atoms with van der Waals surface area (Å²) < 4.78 is 0. The van der Waals surface area contributed by atoms with E-state index in [0.29, 0.717) is 12.6 Å². The summed E-state index contributed by atoms with van der Waals surface area (Å²) in [6.45, 7) is 5.70. The number of aliphatic imine (C=N–C) groups is 1. The lowest BCUT2D eigenvalue weighted by atomic mass is 10.1. The van der Waals surface area contributed by atoms with E-state index in [1.165, 1.54) is 5.00 Å². The predicted molar refractivity (Wildman–Crippen MR) is 116 cm³/mol. The Kier molecular flexibility index (Phi) is 6.92. The third kappa shape index (κ3) is 5.60. The number of piperidine rings is 1. The van der Waals surface area contributed by atoms with Gasteiger partial charge in [-0.3, -0.25) is 0 Å². The summed E-state index contributed by atoms with van der Waals surface area (Å²) in [7, 11) is 4.01. The summed E-state index contributed by atoms with van der Waals surface area (Å²) in [5, 5.41) is 10.5. The molecule has 27 heavy (non-hydrogen) atoms. The molecule has 3 heterocycles. The smallest absolute Gasteiger partial charge is 0.191 e. The Morgan fingerprint density at radius 2 is 2.07 bits per heavy atom. The van der Waals surface area contributed by atoms with Gasteiger partial charge < -0.3 is 20.4 Å². The standard InChI is InChI=1S/C20H30N6S/c1-4-21-20(22-15-17-7-5-8-18(23-17)25(2)3)24-16-10-12-26(13-11-16)19-9-6-14-27-19/h5-9,14,16H,4,10-13,15H2,1-3H3,(H2,21,22,24). The van der Waals surface area contributed by atoms with Crippen molar-refractivity contribution in [2.45, 2.75) is 32.4 Å². The number of aromatic nitrogens is 1. The average Bonchev–Trinajstić information content (AvgIpc) is 3.22. The van der Waals surface area contributed by atoms with Crippen LogP contribution in [0.25, 0.3) is 0 Å². The van der Waals surface area contributed by atoms with E-state index in [-0.39, 0.29) is 0 Å². The Hall–Kier alpha value is -2.28. The van der Waals surface area contributed by atoms with Gasteiger partial charge in [0.15, 0.2) is 5.96 Å². The molecule has 0 atom stereocenters. The van der Waals surface area contributed by atoms with Crippen molar-refractivity contribution in [3.8, 4) is 0 Å². The van der Waals surface area contributed by atoms with Crippen LogP contribution in [0.1, 0.15) is 25.5 Å². The van der Waals surface area contributed by atoms with Gasteiger partial charge in [-0.1, -0.05) is 6.07 Å². The summed E-state index contributed by atoms with van der Waals surface area (Å²) in [6, 6.07) is 10.9. The highest BCUT2D eigenvalue weighted by molar-refractivity contribution is 7.14. The highest BCUT2D eigenvalue weighted by atomic mass is 32.1. The third-order valence-electron chi connectivity index (χ3n) is 4.65. The zero-order valence-corrected chi connectivity index (χ0v) is 17.3. The Morgan fingerprint density at radius 3 is 2.74 bits per heavy atom. The van der Waals surface area contributed by atoms with Gasteiger partial charge >= 0.3 is 0 Å². The fourth-order valence-corrected chi connectivity index (χ4v) is 3.96. The van der Waals surface area contributed by atoms with Crippen LogP contribution in [0, 0.1) is 0 Å². The van der Waals surface area contributed by atoms with Crippen LogP contribution in [0.5, 0.6) is 0 Å². The maximum atomic E-state index is 4.75. The van der Waals surface area contributed by atoms with Crippen LogP contribution in [0.2, 0.25) is 0 Å². The molecule has 1 aliphatic rings. The molecule has 0 unspecified atom stereocenters. The predicted octanol–water partition coefficient (Wildman–Crippen LogP) is 2.93. The van der Waals surface area contributed by atoms with E-state index in [2.05, 4.69) is 45.0 Å². The summed E-state index contributed by atoms with van der Waals surface area (Å²) in [6.07, 6.45) is 2.24. The first-order valence-electron chi connectivity index (χ1n) is 9.62. The second-order valence-electron chi connectivity index (χ2n) is 6.93. The number of nitrogens with one attached hydrogen (secondary N) is 2. The zero-order chi connectivity index (χ0) is 19.1. The van der Waals surface area contributed by atoms with Crippen LogP contribution >= 0.6 is 11.3 Å². The number of hydrogen-bond donors (Lipinski definition) is 2. The Bertz CT molecular complexity index is 720. The summed E-state index contributed by atoms with van der Waals surface area (Å²) >= 11 is 1.82. The molecule has 146 valence electrons. The molecule has 1 saturated heterocycles. The van der Waals surface area contributed by atoms with E-state index in [9.17, 15) is 0 Å². The largest absolute Gasteiger partial charge is 0.363 e. The molecule has 0 radical (unpaired) electrons. The first kappa shape index (κ1) is 19.5. The molecule has 0 amide bonds. The lowest BCUT2D eigenvalue weighted by Gasteiger charge is -2.33. The van der Waals surface area contributed by atoms with Crippen molar-refractivity contribution in [3.05, 3.63) is 41.4 Å². The molecule has 0 aromatic carbocycles. The summed E-state index contributed by atoms with van der Waals surface area (Å²) in [4.78, 5) is 13.9. The maximum Gasteiger partial charge on any atom is 0.191 e. The molecular formula is C20H30N6S. The Morgan fingerprint density at radius 1 is 1.26 bits per heavy atom. The van der Waals surface area contributed by atoms with Crippen molar-refractivity contribution in [2.75, 3.05) is 43.5 Å². The minimum Gasteiger partial charge on any atom is -0.363 e. The van der Waals surface area contributed by atoms with Gasteiger partial charge in [-0.05, 0) is 49.4 Å². The van der Waals surface area contributed by atoms with Gasteiger partial charge in [0.2, 0.25) is 0 Å². The molecule has 0 saturated carbocycles. The maximum absolute atomic E-state index is 4.75. The molecule has 7 heteroatoms. The molecule has 2 aromatic heterocycles. The minimum atomic E-state index is 0.458. The van der Waals surface area contributed by atoms with E-state index in [4.69, 9.17) is 4.99 Å². The van der Waals surface area contributed by atoms with E-state index < -0.39 is 0 Å². The fourth-order valence-electron chi connectivity index (χ4n) is 3.17. The third-order valence-corrected chi connectivity index (χ3v) is 5.58. The lowest BCUT2D eigenvalue weighted by molar-refractivity contribution is 0.463. The van der Waals surface area contributed by atoms with E-state index >= 15 is 0 Å². The van der Waals surface area contributed by atoms with E-state index in [1.54, 1.807) is 0 Å². The number of guanidine groups is 1. The molecule has 6 nitrogen and oxygen atoms in total. The molecular weight excluding hydrogens is 356 g/mol. The van der Waals surface area contributed by atoms with Crippen LogP contribution < -0.4 is 20.4 Å². The van der Waals surface area contributed by atoms with Crippen molar-refractivity contribution in [1.29, 1.82) is 0 Å². The van der Waals surface area contributed by atoms with Crippen molar-refractivity contribution in [3.63, 3.8) is 0 Å². The van der Waals surface area contributed by atoms with Crippen LogP contribution in [-0.2, 0) is 6.54 Å². The van der Waals surface area contributed by atoms with E-state index in [0.717, 1.165) is 49.9 Å². The normalized spacial score (nSPS) is 15.7. The molecule has 1 fully saturated rings. The Labute approximate surface area is 166 Å². The number of anilines is 2. The summed E-state index contributed by atoms with van der Waals surface area (Å²) in [5.74, 6) is 1.84. The van der Waals surface area contributed by atoms with Crippen LogP contribution in [0.15, 0.2) is 40.7 Å². The van der Waals surface area contributed by atoms with Gasteiger partial charge in [0, 0.05) is 39.8 Å². The van der Waals surface area contributed by atoms with Crippen LogP contribution in [-0.4, -0.2) is 50.7 Å². The van der Waals surface area contributed by atoms with Gasteiger partial charge in [-0.15, -0.1) is 11.3 Å². The molecule has 0 spiro atoms. The van der Waals surface area contributed by atoms with Crippen molar-refractivity contribution < 1.29 is 0 Å². The highest BCUT2D eigenvalue weighted by Gasteiger charge is 2.20. The first-order chi connectivity index (χ1) is 13.2. The summed E-state index contributed by atoms with van der Waals surface area (Å²) in [5.41, 5.74) is 0.978. The number of hydrogen-bond acceptors (Lipinski definition) is 5. The van der Waals surface area contributed by atoms with Gasteiger partial charge in [-0.2, -0.15) is 0 Å². The van der Waals surface area contributed by atoms with Crippen molar-refractivity contribution in [1.82, 2.24) is 15.6 Å². The molecule has 3 rings (SSSR count). The number of rotatable bonds is 6. The Balaban J connectivity index is 1.56. The highest BCUT2D eigenvalue weighted by Crippen LogP contribution is 2.24. The number of nitrogens with zero attached hydrogens (tertiary/aromatic N) is 4. The van der Waals surface area contributed by atoms with E-state index in [1.807, 2.05) is 48.5 Å². The fraction of sp³-hybridized carbons (Fsp3) is 0.500. The van der Waals surface area contributed by atoms with Crippen molar-refractivity contribution >= 4 is 28.1 Å². The second kappa shape index (κ2) is 9.60. The minimum absolute atomic E-state index is 0.458. The second-order valence-corrected chi connectivity index (χ2v) is 7.86. The molecule has 2 aromatic rings. The van der Waals surface area contributed by atoms with Crippen LogP contribution in [0.3, 0.4) is 0 Å². The molecule has 2 N–H and O–H groups in total. The van der Waals surface area contributed by atoms with Gasteiger partial charge in [0.25, 0.3) is 0 Å². The average molecular weight is 387 g/mol.